The van der Waals surface area contributed by atoms with Crippen molar-refractivity contribution in [1.29, 1.82) is 0 Å². The third-order valence-corrected chi connectivity index (χ3v) is 5.20. The maximum Gasteiger partial charge on any atom is 0.240 e. The molecule has 0 unspecified atom stereocenters. The summed E-state index contributed by atoms with van der Waals surface area (Å²) in [6.07, 6.45) is 0. The molecule has 0 saturated carbocycles. The number of nitrogens with one attached hydrogen (secondary N) is 1. The van der Waals surface area contributed by atoms with Crippen LogP contribution >= 0.6 is 11.6 Å². The van der Waals surface area contributed by atoms with E-state index < -0.39 is 10.0 Å². The van der Waals surface area contributed by atoms with E-state index in [1.165, 1.54) is 25.3 Å². The Balaban J connectivity index is 2.16. The van der Waals surface area contributed by atoms with E-state index in [-0.39, 0.29) is 16.5 Å². The Morgan fingerprint density at radius 3 is 2.23 bits per heavy atom. The number of methoxy groups -OCH3 is 1. The van der Waals surface area contributed by atoms with Crippen molar-refractivity contribution >= 4 is 21.6 Å². The van der Waals surface area contributed by atoms with Crippen molar-refractivity contribution in [3.8, 4) is 17.2 Å². The van der Waals surface area contributed by atoms with Gasteiger partial charge in [0.2, 0.25) is 10.0 Å². The highest BCUT2D eigenvalue weighted by Crippen LogP contribution is 2.29. The van der Waals surface area contributed by atoms with Crippen LogP contribution in [-0.4, -0.2) is 28.7 Å². The molecule has 0 amide bonds. The number of hydrogen-bond acceptors (Lipinski definition) is 5. The van der Waals surface area contributed by atoms with Crippen LogP contribution in [0.15, 0.2) is 41.3 Å². The summed E-state index contributed by atoms with van der Waals surface area (Å²) >= 11 is 6.01. The van der Waals surface area contributed by atoms with E-state index in [9.17, 15) is 8.42 Å². The lowest BCUT2D eigenvalue weighted by Crippen LogP contribution is -2.23. The van der Waals surface area contributed by atoms with Crippen LogP contribution in [0.1, 0.15) is 19.4 Å². The molecule has 0 aliphatic carbocycles. The Bertz CT molecular complexity index is 855. The largest absolute Gasteiger partial charge is 0.495 e. The van der Waals surface area contributed by atoms with Gasteiger partial charge in [-0.05, 0) is 49.7 Å². The van der Waals surface area contributed by atoms with Gasteiger partial charge in [-0.2, -0.15) is 0 Å². The van der Waals surface area contributed by atoms with E-state index in [0.29, 0.717) is 30.5 Å². The quantitative estimate of drug-likeness (QED) is 0.697. The average molecular weight is 400 g/mol. The first-order valence-corrected chi connectivity index (χ1v) is 9.99. The third-order valence-electron chi connectivity index (χ3n) is 3.51. The van der Waals surface area contributed by atoms with Crippen LogP contribution in [0.5, 0.6) is 17.2 Å². The van der Waals surface area contributed by atoms with Crippen molar-refractivity contribution in [3.63, 3.8) is 0 Å². The van der Waals surface area contributed by atoms with Crippen LogP contribution in [0.2, 0.25) is 5.02 Å². The molecule has 8 heteroatoms. The highest BCUT2D eigenvalue weighted by atomic mass is 35.5. The average Bonchev–Trinajstić information content (AvgIpc) is 2.62. The maximum absolute atomic E-state index is 12.5. The van der Waals surface area contributed by atoms with Gasteiger partial charge in [0, 0.05) is 6.54 Å². The summed E-state index contributed by atoms with van der Waals surface area (Å²) < 4.78 is 43.6. The van der Waals surface area contributed by atoms with Crippen molar-refractivity contribution < 1.29 is 22.6 Å². The molecular weight excluding hydrogens is 378 g/mol. The number of ether oxygens (including phenoxy) is 3. The molecule has 26 heavy (non-hydrogen) atoms. The van der Waals surface area contributed by atoms with Gasteiger partial charge in [-0.15, -0.1) is 0 Å². The molecule has 0 atom stereocenters. The molecule has 0 fully saturated rings. The first-order chi connectivity index (χ1) is 12.4. The van der Waals surface area contributed by atoms with Gasteiger partial charge in [0.25, 0.3) is 0 Å². The smallest absolute Gasteiger partial charge is 0.240 e. The molecule has 2 rings (SSSR count). The molecular formula is C18H22ClNO5S. The van der Waals surface area contributed by atoms with E-state index in [1.807, 2.05) is 13.8 Å². The standard InChI is InChI=1S/C18H22ClNO5S/c1-4-24-17-8-6-13(10-18(17)25-5-2)12-20-26(21,22)14-7-9-16(23-3)15(19)11-14/h6-11,20H,4-5,12H2,1-3H3. The fraction of sp³-hybridized carbons (Fsp3) is 0.333. The van der Waals surface area contributed by atoms with Gasteiger partial charge >= 0.3 is 0 Å². The molecule has 1 N–H and O–H groups in total. The number of halogens is 1. The second kappa shape index (κ2) is 9.12. The van der Waals surface area contributed by atoms with Gasteiger partial charge in [-0.25, -0.2) is 13.1 Å². The number of rotatable bonds is 9. The Labute approximate surface area is 159 Å². The van der Waals surface area contributed by atoms with Crippen molar-refractivity contribution in [1.82, 2.24) is 4.72 Å². The van der Waals surface area contributed by atoms with Gasteiger partial charge in [-0.1, -0.05) is 17.7 Å². The lowest BCUT2D eigenvalue weighted by Gasteiger charge is -2.13. The van der Waals surface area contributed by atoms with Crippen LogP contribution in [0.4, 0.5) is 0 Å². The molecule has 0 aliphatic heterocycles. The normalized spacial score (nSPS) is 11.2. The number of benzene rings is 2. The molecule has 2 aromatic rings. The van der Waals surface area contributed by atoms with Crippen LogP contribution in [0, 0.1) is 0 Å². The number of sulfonamides is 1. The molecule has 0 saturated heterocycles. The highest BCUT2D eigenvalue weighted by molar-refractivity contribution is 7.89. The Morgan fingerprint density at radius 2 is 1.62 bits per heavy atom. The second-order valence-corrected chi connectivity index (χ2v) is 7.44. The molecule has 0 spiro atoms. The molecule has 0 aliphatic rings. The summed E-state index contributed by atoms with van der Waals surface area (Å²) in [4.78, 5) is 0.0688. The molecule has 2 aromatic carbocycles. The van der Waals surface area contributed by atoms with Crippen LogP contribution < -0.4 is 18.9 Å². The molecule has 0 radical (unpaired) electrons. The zero-order chi connectivity index (χ0) is 19.2. The minimum atomic E-state index is -3.71. The van der Waals surface area contributed by atoms with Crippen LogP contribution in [0.25, 0.3) is 0 Å². The van der Waals surface area contributed by atoms with Crippen molar-refractivity contribution in [2.45, 2.75) is 25.3 Å². The summed E-state index contributed by atoms with van der Waals surface area (Å²) in [5.74, 6) is 1.62. The molecule has 0 aromatic heterocycles. The van der Waals surface area contributed by atoms with Gasteiger partial charge in [0.1, 0.15) is 5.75 Å². The zero-order valence-electron chi connectivity index (χ0n) is 14.9. The van der Waals surface area contributed by atoms with E-state index in [4.69, 9.17) is 25.8 Å². The van der Waals surface area contributed by atoms with Crippen molar-refractivity contribution in [3.05, 3.63) is 47.0 Å². The Kier molecular flexibility index (Phi) is 7.14. The lowest BCUT2D eigenvalue weighted by molar-refractivity contribution is 0.287. The van der Waals surface area contributed by atoms with Crippen LogP contribution in [-0.2, 0) is 16.6 Å². The van der Waals surface area contributed by atoms with Crippen molar-refractivity contribution in [2.24, 2.45) is 0 Å². The van der Waals surface area contributed by atoms with E-state index in [2.05, 4.69) is 4.72 Å². The predicted molar refractivity (Wildman–Crippen MR) is 101 cm³/mol. The van der Waals surface area contributed by atoms with Gasteiger partial charge in [0.05, 0.1) is 30.2 Å². The Morgan fingerprint density at radius 1 is 0.962 bits per heavy atom. The minimum absolute atomic E-state index is 0.0688. The summed E-state index contributed by atoms with van der Waals surface area (Å²) in [6, 6.07) is 9.63. The second-order valence-electron chi connectivity index (χ2n) is 5.27. The van der Waals surface area contributed by atoms with Crippen molar-refractivity contribution in [2.75, 3.05) is 20.3 Å². The van der Waals surface area contributed by atoms with Crippen LogP contribution in [0.3, 0.4) is 0 Å². The first kappa shape index (κ1) is 20.4. The SMILES string of the molecule is CCOc1ccc(CNS(=O)(=O)c2ccc(OC)c(Cl)c2)cc1OCC. The fourth-order valence-electron chi connectivity index (χ4n) is 2.28. The fourth-order valence-corrected chi connectivity index (χ4v) is 3.65. The van der Waals surface area contributed by atoms with E-state index in [1.54, 1.807) is 18.2 Å². The molecule has 0 bridgehead atoms. The van der Waals surface area contributed by atoms with Gasteiger partial charge in [0.15, 0.2) is 11.5 Å². The highest BCUT2D eigenvalue weighted by Gasteiger charge is 2.16. The monoisotopic (exact) mass is 399 g/mol. The summed E-state index contributed by atoms with van der Waals surface area (Å²) in [5, 5.41) is 0.232. The summed E-state index contributed by atoms with van der Waals surface area (Å²) in [5.41, 5.74) is 0.750. The maximum atomic E-state index is 12.5. The minimum Gasteiger partial charge on any atom is -0.495 e. The molecule has 6 nitrogen and oxygen atoms in total. The summed E-state index contributed by atoms with van der Waals surface area (Å²) in [6.45, 7) is 4.87. The lowest BCUT2D eigenvalue weighted by atomic mass is 10.2. The van der Waals surface area contributed by atoms with Gasteiger partial charge in [-0.3, -0.25) is 0 Å². The zero-order valence-corrected chi connectivity index (χ0v) is 16.5. The van der Waals surface area contributed by atoms with E-state index >= 15 is 0 Å². The third kappa shape index (κ3) is 5.03. The first-order valence-electron chi connectivity index (χ1n) is 8.13. The molecule has 0 heterocycles. The predicted octanol–water partition coefficient (Wildman–Crippen LogP) is 3.62. The van der Waals surface area contributed by atoms with E-state index in [0.717, 1.165) is 5.56 Å². The topological polar surface area (TPSA) is 73.9 Å². The Hall–Kier alpha value is -1.96. The number of hydrogen-bond donors (Lipinski definition) is 1. The van der Waals surface area contributed by atoms with Gasteiger partial charge < -0.3 is 14.2 Å². The summed E-state index contributed by atoms with van der Waals surface area (Å²) in [7, 11) is -2.25. The molecule has 142 valence electrons.